The Morgan fingerprint density at radius 2 is 1.92 bits per heavy atom. The highest BCUT2D eigenvalue weighted by atomic mass is 16.5. The number of ether oxygens (including phenoxy) is 1. The van der Waals surface area contributed by atoms with Gasteiger partial charge in [-0.2, -0.15) is 0 Å². The van der Waals surface area contributed by atoms with E-state index in [1.54, 1.807) is 0 Å². The Morgan fingerprint density at radius 1 is 1.22 bits per heavy atom. The molecule has 2 aliphatic rings. The third-order valence-electron chi connectivity index (χ3n) is 6.88. The third-order valence-corrected chi connectivity index (χ3v) is 6.88. The SMILES string of the molecule is CCN1CCN(c2cc3[nH]c(C4CC(C)CCO4)nc3c(C=O)c2C)[C@@H](C)C1.O=C(O)/C=C/C(=O)O. The zero-order valence-corrected chi connectivity index (χ0v) is 21.4. The maximum atomic E-state index is 12.0. The van der Waals surface area contributed by atoms with E-state index < -0.39 is 11.9 Å². The van der Waals surface area contributed by atoms with Crippen LogP contribution in [0.25, 0.3) is 11.0 Å². The summed E-state index contributed by atoms with van der Waals surface area (Å²) in [5, 5.41) is 15.6. The average molecular weight is 501 g/mol. The van der Waals surface area contributed by atoms with Gasteiger partial charge in [-0.3, -0.25) is 9.69 Å². The fraction of sp³-hybridized carbons (Fsp3) is 0.538. The summed E-state index contributed by atoms with van der Waals surface area (Å²) in [6.45, 7) is 13.7. The molecule has 36 heavy (non-hydrogen) atoms. The van der Waals surface area contributed by atoms with E-state index in [0.717, 1.165) is 80.0 Å². The Morgan fingerprint density at radius 3 is 2.47 bits per heavy atom. The van der Waals surface area contributed by atoms with E-state index in [-0.39, 0.29) is 6.10 Å². The summed E-state index contributed by atoms with van der Waals surface area (Å²) < 4.78 is 5.96. The van der Waals surface area contributed by atoms with Gasteiger partial charge >= 0.3 is 11.9 Å². The number of nitrogens with one attached hydrogen (secondary N) is 1. The number of piperazine rings is 1. The molecule has 2 fully saturated rings. The van der Waals surface area contributed by atoms with Crippen LogP contribution in [0.3, 0.4) is 0 Å². The Labute approximate surface area is 210 Å². The van der Waals surface area contributed by atoms with Gasteiger partial charge in [-0.15, -0.1) is 0 Å². The summed E-state index contributed by atoms with van der Waals surface area (Å²) in [5.41, 5.74) is 4.57. The first kappa shape index (κ1) is 27.3. The maximum absolute atomic E-state index is 12.0. The number of H-pyrrole nitrogens is 1. The number of hydrogen-bond donors (Lipinski definition) is 3. The third kappa shape index (κ3) is 6.50. The number of benzene rings is 1. The molecule has 2 aliphatic heterocycles. The molecule has 2 saturated heterocycles. The van der Waals surface area contributed by atoms with Crippen molar-refractivity contribution < 1.29 is 29.3 Å². The molecule has 0 spiro atoms. The number of aromatic nitrogens is 2. The molecule has 3 N–H and O–H groups in total. The van der Waals surface area contributed by atoms with Gasteiger partial charge in [0.05, 0.1) is 11.0 Å². The van der Waals surface area contributed by atoms with E-state index in [9.17, 15) is 14.4 Å². The number of carbonyl (C=O) groups is 3. The van der Waals surface area contributed by atoms with Crippen LogP contribution < -0.4 is 4.90 Å². The lowest BCUT2D eigenvalue weighted by molar-refractivity contribution is -0.134. The van der Waals surface area contributed by atoms with Crippen molar-refractivity contribution in [2.45, 2.75) is 52.7 Å². The van der Waals surface area contributed by atoms with Gasteiger partial charge in [-0.05, 0) is 50.8 Å². The quantitative estimate of drug-likeness (QED) is 0.402. The van der Waals surface area contributed by atoms with Crippen LogP contribution in [-0.2, 0) is 14.3 Å². The second kappa shape index (κ2) is 12.1. The molecule has 10 heteroatoms. The molecule has 0 saturated carbocycles. The van der Waals surface area contributed by atoms with Crippen LogP contribution in [0.1, 0.15) is 61.5 Å². The summed E-state index contributed by atoms with van der Waals surface area (Å²) in [6.07, 6.45) is 4.14. The zero-order valence-electron chi connectivity index (χ0n) is 21.4. The number of likely N-dealkylation sites (N-methyl/N-ethyl adjacent to an activating group) is 1. The molecule has 4 rings (SSSR count). The number of aliphatic carboxylic acids is 2. The Kier molecular flexibility index (Phi) is 9.22. The summed E-state index contributed by atoms with van der Waals surface area (Å²) in [4.78, 5) is 44.3. The first-order valence-electron chi connectivity index (χ1n) is 12.4. The van der Waals surface area contributed by atoms with Crippen molar-refractivity contribution in [2.75, 3.05) is 37.7 Å². The lowest BCUT2D eigenvalue weighted by Crippen LogP contribution is -2.52. The number of aldehydes is 1. The molecular weight excluding hydrogens is 464 g/mol. The van der Waals surface area contributed by atoms with E-state index in [0.29, 0.717) is 29.7 Å². The van der Waals surface area contributed by atoms with Crippen LogP contribution in [0.4, 0.5) is 5.69 Å². The molecular formula is C26H36N4O6. The van der Waals surface area contributed by atoms with Crippen LogP contribution in [0.15, 0.2) is 18.2 Å². The van der Waals surface area contributed by atoms with E-state index in [4.69, 9.17) is 19.9 Å². The molecule has 3 atom stereocenters. The standard InChI is InChI=1S/C22H32N4O2.C4H4O4/c1-5-25-7-8-26(15(3)12-25)19-11-18-21(17(13-27)16(19)4)24-22(23-18)20-10-14(2)6-9-28-20;5-3(6)1-2-4(7)8/h11,13-15,20H,5-10,12H2,1-4H3,(H,23,24);1-2H,(H,5,6)(H,7,8)/b;2-1+/t14?,15-,20?;/m0./s1. The molecule has 0 radical (unpaired) electrons. The van der Waals surface area contributed by atoms with E-state index >= 15 is 0 Å². The number of nitrogens with zero attached hydrogens (tertiary/aromatic N) is 3. The van der Waals surface area contributed by atoms with Crippen molar-refractivity contribution in [2.24, 2.45) is 5.92 Å². The van der Waals surface area contributed by atoms with Crippen LogP contribution in [0.5, 0.6) is 0 Å². The normalized spacial score (nSPS) is 22.9. The lowest BCUT2D eigenvalue weighted by Gasteiger charge is -2.41. The van der Waals surface area contributed by atoms with Gasteiger partial charge in [0.2, 0.25) is 0 Å². The second-order valence-electron chi connectivity index (χ2n) is 9.50. The van der Waals surface area contributed by atoms with E-state index in [2.05, 4.69) is 41.6 Å². The number of carboxylic acids is 2. The van der Waals surface area contributed by atoms with Crippen molar-refractivity contribution in [1.29, 1.82) is 0 Å². The van der Waals surface area contributed by atoms with Gasteiger partial charge in [-0.25, -0.2) is 14.6 Å². The first-order chi connectivity index (χ1) is 17.1. The molecule has 1 aromatic heterocycles. The monoisotopic (exact) mass is 500 g/mol. The molecule has 0 bridgehead atoms. The minimum absolute atomic E-state index is 0.00793. The van der Waals surface area contributed by atoms with Gasteiger partial charge in [0, 0.05) is 55.7 Å². The molecule has 2 unspecified atom stereocenters. The fourth-order valence-corrected chi connectivity index (χ4v) is 4.85. The number of fused-ring (bicyclic) bond motifs is 1. The van der Waals surface area contributed by atoms with Gasteiger partial charge in [0.25, 0.3) is 0 Å². The summed E-state index contributed by atoms with van der Waals surface area (Å²) in [6, 6.07) is 2.59. The average Bonchev–Trinajstić information content (AvgIpc) is 3.27. The highest BCUT2D eigenvalue weighted by molar-refractivity contribution is 5.99. The van der Waals surface area contributed by atoms with Crippen molar-refractivity contribution in [1.82, 2.24) is 14.9 Å². The van der Waals surface area contributed by atoms with Crippen molar-refractivity contribution in [3.63, 3.8) is 0 Å². The molecule has 1 aromatic carbocycles. The van der Waals surface area contributed by atoms with Gasteiger partial charge in [0.1, 0.15) is 11.9 Å². The van der Waals surface area contributed by atoms with Crippen LogP contribution >= 0.6 is 0 Å². The predicted octanol–water partition coefficient (Wildman–Crippen LogP) is 3.41. The van der Waals surface area contributed by atoms with Crippen molar-refractivity contribution in [3.8, 4) is 0 Å². The zero-order chi connectivity index (χ0) is 26.4. The number of imidazole rings is 1. The van der Waals surface area contributed by atoms with Crippen molar-refractivity contribution >= 4 is 34.9 Å². The number of hydrogen-bond acceptors (Lipinski definition) is 7. The maximum Gasteiger partial charge on any atom is 0.328 e. The van der Waals surface area contributed by atoms with Crippen LogP contribution in [0, 0.1) is 12.8 Å². The number of rotatable bonds is 6. The summed E-state index contributed by atoms with van der Waals surface area (Å²) >= 11 is 0. The fourth-order valence-electron chi connectivity index (χ4n) is 4.85. The molecule has 2 aromatic rings. The van der Waals surface area contributed by atoms with E-state index in [1.807, 2.05) is 6.92 Å². The number of aromatic amines is 1. The lowest BCUT2D eigenvalue weighted by atomic mass is 9.97. The molecule has 0 amide bonds. The van der Waals surface area contributed by atoms with Crippen molar-refractivity contribution in [3.05, 3.63) is 35.2 Å². The van der Waals surface area contributed by atoms with Crippen LogP contribution in [-0.4, -0.2) is 82.1 Å². The Bertz CT molecular complexity index is 1110. The largest absolute Gasteiger partial charge is 0.478 e. The first-order valence-corrected chi connectivity index (χ1v) is 12.4. The van der Waals surface area contributed by atoms with Gasteiger partial charge in [-0.1, -0.05) is 13.8 Å². The number of carboxylic acid groups (broad SMARTS) is 2. The summed E-state index contributed by atoms with van der Waals surface area (Å²) in [5.74, 6) is -1.03. The van der Waals surface area contributed by atoms with Crippen LogP contribution in [0.2, 0.25) is 0 Å². The minimum Gasteiger partial charge on any atom is -0.478 e. The molecule has 196 valence electrons. The second-order valence-corrected chi connectivity index (χ2v) is 9.50. The van der Waals surface area contributed by atoms with Gasteiger partial charge < -0.3 is 24.8 Å². The highest BCUT2D eigenvalue weighted by Gasteiger charge is 2.28. The smallest absolute Gasteiger partial charge is 0.328 e. The Balaban J connectivity index is 0.000000392. The van der Waals surface area contributed by atoms with E-state index in [1.165, 1.54) is 0 Å². The highest BCUT2D eigenvalue weighted by Crippen LogP contribution is 2.35. The molecule has 3 heterocycles. The number of anilines is 1. The molecule has 10 nitrogen and oxygen atoms in total. The topological polar surface area (TPSA) is 136 Å². The summed E-state index contributed by atoms with van der Waals surface area (Å²) in [7, 11) is 0. The number of carbonyl (C=O) groups excluding carboxylic acids is 1. The Hall–Kier alpha value is -3.24. The predicted molar refractivity (Wildman–Crippen MR) is 137 cm³/mol. The minimum atomic E-state index is -1.26. The van der Waals surface area contributed by atoms with Gasteiger partial charge in [0.15, 0.2) is 6.29 Å². The molecule has 0 aliphatic carbocycles.